The van der Waals surface area contributed by atoms with Crippen molar-refractivity contribution in [3.05, 3.63) is 29.3 Å². The third kappa shape index (κ3) is 3.35. The first-order valence-corrected chi connectivity index (χ1v) is 7.24. The molecule has 2 unspecified atom stereocenters. The highest BCUT2D eigenvalue weighted by molar-refractivity contribution is 5.96. The summed E-state index contributed by atoms with van der Waals surface area (Å²) >= 11 is 0. The highest BCUT2D eigenvalue weighted by atomic mass is 16.2. The quantitative estimate of drug-likeness (QED) is 0.877. The van der Waals surface area contributed by atoms with Crippen LogP contribution in [-0.2, 0) is 11.2 Å². The number of piperidine rings is 1. The summed E-state index contributed by atoms with van der Waals surface area (Å²) < 4.78 is 0. The molecular weight excluding hydrogens is 236 g/mol. The second kappa shape index (κ2) is 6.20. The topological polar surface area (TPSA) is 41.1 Å². The van der Waals surface area contributed by atoms with E-state index >= 15 is 0 Å². The average Bonchev–Trinajstić information content (AvgIpc) is 2.41. The predicted octanol–water partition coefficient (Wildman–Crippen LogP) is 2.88. The number of anilines is 1. The van der Waals surface area contributed by atoms with Crippen molar-refractivity contribution in [1.82, 2.24) is 5.32 Å². The van der Waals surface area contributed by atoms with Crippen molar-refractivity contribution in [2.75, 3.05) is 11.9 Å². The summed E-state index contributed by atoms with van der Waals surface area (Å²) in [7, 11) is 0. The molecule has 104 valence electrons. The third-order valence-corrected chi connectivity index (χ3v) is 3.97. The maximum absolute atomic E-state index is 12.4. The number of rotatable bonds is 3. The summed E-state index contributed by atoms with van der Waals surface area (Å²) in [5.74, 6) is 0.732. The molecule has 0 saturated carbocycles. The zero-order valence-corrected chi connectivity index (χ0v) is 12.1. The van der Waals surface area contributed by atoms with Crippen molar-refractivity contribution >= 4 is 11.6 Å². The van der Waals surface area contributed by atoms with Gasteiger partial charge in [0, 0.05) is 5.69 Å². The molecule has 1 aliphatic rings. The zero-order chi connectivity index (χ0) is 13.8. The lowest BCUT2D eigenvalue weighted by atomic mass is 9.93. The number of aryl methyl sites for hydroxylation is 2. The maximum Gasteiger partial charge on any atom is 0.241 e. The molecule has 1 aliphatic heterocycles. The van der Waals surface area contributed by atoms with Crippen LogP contribution in [-0.4, -0.2) is 18.5 Å². The molecule has 1 aromatic carbocycles. The van der Waals surface area contributed by atoms with Gasteiger partial charge in [0.2, 0.25) is 5.91 Å². The van der Waals surface area contributed by atoms with Gasteiger partial charge in [-0.25, -0.2) is 0 Å². The molecule has 3 heteroatoms. The van der Waals surface area contributed by atoms with Gasteiger partial charge >= 0.3 is 0 Å². The fourth-order valence-corrected chi connectivity index (χ4v) is 2.72. The largest absolute Gasteiger partial charge is 0.324 e. The molecule has 0 bridgehead atoms. The Morgan fingerprint density at radius 2 is 2.26 bits per heavy atom. The van der Waals surface area contributed by atoms with Crippen molar-refractivity contribution in [3.8, 4) is 0 Å². The van der Waals surface area contributed by atoms with Crippen LogP contribution in [0.3, 0.4) is 0 Å². The number of para-hydroxylation sites is 1. The van der Waals surface area contributed by atoms with Gasteiger partial charge < -0.3 is 10.6 Å². The Morgan fingerprint density at radius 1 is 1.47 bits per heavy atom. The molecule has 2 N–H and O–H groups in total. The Balaban J connectivity index is 2.10. The van der Waals surface area contributed by atoms with E-state index < -0.39 is 0 Å². The molecule has 1 heterocycles. The predicted molar refractivity (Wildman–Crippen MR) is 79.4 cm³/mol. The van der Waals surface area contributed by atoms with Gasteiger partial charge in [0.05, 0.1) is 6.04 Å². The molecule has 1 aromatic rings. The molecule has 2 rings (SSSR count). The van der Waals surface area contributed by atoms with E-state index in [4.69, 9.17) is 0 Å². The Morgan fingerprint density at radius 3 is 2.95 bits per heavy atom. The Hall–Kier alpha value is -1.35. The summed E-state index contributed by atoms with van der Waals surface area (Å²) in [6.07, 6.45) is 3.03. The van der Waals surface area contributed by atoms with E-state index in [-0.39, 0.29) is 11.9 Å². The molecule has 1 amide bonds. The van der Waals surface area contributed by atoms with E-state index in [2.05, 4.69) is 30.5 Å². The number of carbonyl (C=O) groups excluding carboxylic acids is 1. The van der Waals surface area contributed by atoms with Crippen LogP contribution in [0.1, 0.15) is 37.8 Å². The van der Waals surface area contributed by atoms with Crippen molar-refractivity contribution in [1.29, 1.82) is 0 Å². The van der Waals surface area contributed by atoms with Crippen LogP contribution in [0.5, 0.6) is 0 Å². The lowest BCUT2D eigenvalue weighted by molar-refractivity contribution is -0.119. The number of amides is 1. The van der Waals surface area contributed by atoms with Gasteiger partial charge in [0.15, 0.2) is 0 Å². The summed E-state index contributed by atoms with van der Waals surface area (Å²) in [6, 6.07) is 6.13. The van der Waals surface area contributed by atoms with Crippen LogP contribution in [0, 0.1) is 12.8 Å². The van der Waals surface area contributed by atoms with Crippen LogP contribution in [0.4, 0.5) is 5.69 Å². The van der Waals surface area contributed by atoms with Gasteiger partial charge in [-0.05, 0) is 49.8 Å². The van der Waals surface area contributed by atoms with Crippen molar-refractivity contribution in [2.45, 2.75) is 46.1 Å². The van der Waals surface area contributed by atoms with Crippen molar-refractivity contribution in [2.24, 2.45) is 5.92 Å². The van der Waals surface area contributed by atoms with Gasteiger partial charge in [0.1, 0.15) is 0 Å². The van der Waals surface area contributed by atoms with Crippen LogP contribution in [0.2, 0.25) is 0 Å². The minimum Gasteiger partial charge on any atom is -0.324 e. The van der Waals surface area contributed by atoms with E-state index in [1.165, 1.54) is 5.56 Å². The van der Waals surface area contributed by atoms with E-state index in [0.29, 0.717) is 5.92 Å². The lowest BCUT2D eigenvalue weighted by Gasteiger charge is -2.27. The van der Waals surface area contributed by atoms with Crippen LogP contribution in [0.15, 0.2) is 18.2 Å². The number of benzene rings is 1. The minimum absolute atomic E-state index is 0.0481. The van der Waals surface area contributed by atoms with E-state index in [1.54, 1.807) is 0 Å². The SMILES string of the molecule is CCc1cccc(C)c1NC(=O)C1CC(C)CCN1. The molecular formula is C16H24N2O. The van der Waals surface area contributed by atoms with Gasteiger partial charge in [-0.2, -0.15) is 0 Å². The van der Waals surface area contributed by atoms with E-state index in [1.807, 2.05) is 19.1 Å². The van der Waals surface area contributed by atoms with Crippen LogP contribution in [0.25, 0.3) is 0 Å². The summed E-state index contributed by atoms with van der Waals surface area (Å²) in [5, 5.41) is 6.43. The first-order chi connectivity index (χ1) is 9.11. The molecule has 0 spiro atoms. The van der Waals surface area contributed by atoms with Gasteiger partial charge in [-0.1, -0.05) is 32.0 Å². The Kier molecular flexibility index (Phi) is 4.59. The Bertz CT molecular complexity index is 456. The number of carbonyl (C=O) groups is 1. The van der Waals surface area contributed by atoms with Gasteiger partial charge in [-0.15, -0.1) is 0 Å². The summed E-state index contributed by atoms with van der Waals surface area (Å²) in [4.78, 5) is 12.4. The maximum atomic E-state index is 12.4. The smallest absolute Gasteiger partial charge is 0.241 e. The molecule has 2 atom stereocenters. The fraction of sp³-hybridized carbons (Fsp3) is 0.562. The average molecular weight is 260 g/mol. The molecule has 0 aliphatic carbocycles. The summed E-state index contributed by atoms with van der Waals surface area (Å²) in [6.45, 7) is 7.32. The second-order valence-corrected chi connectivity index (χ2v) is 5.59. The monoisotopic (exact) mass is 260 g/mol. The van der Waals surface area contributed by atoms with Crippen molar-refractivity contribution in [3.63, 3.8) is 0 Å². The third-order valence-electron chi connectivity index (χ3n) is 3.97. The van der Waals surface area contributed by atoms with Crippen LogP contribution >= 0.6 is 0 Å². The zero-order valence-electron chi connectivity index (χ0n) is 12.1. The van der Waals surface area contributed by atoms with Gasteiger partial charge in [0.25, 0.3) is 0 Å². The molecule has 1 saturated heterocycles. The van der Waals surface area contributed by atoms with Crippen molar-refractivity contribution < 1.29 is 4.79 Å². The number of hydrogen-bond donors (Lipinski definition) is 2. The molecule has 0 radical (unpaired) electrons. The minimum atomic E-state index is -0.0481. The molecule has 3 nitrogen and oxygen atoms in total. The second-order valence-electron chi connectivity index (χ2n) is 5.59. The standard InChI is InChI=1S/C16H24N2O/c1-4-13-7-5-6-12(3)15(13)18-16(19)14-10-11(2)8-9-17-14/h5-7,11,14,17H,4,8-10H2,1-3H3,(H,18,19). The first kappa shape index (κ1) is 14.1. The summed E-state index contributed by atoms with van der Waals surface area (Å²) in [5.41, 5.74) is 3.34. The first-order valence-electron chi connectivity index (χ1n) is 7.24. The molecule has 1 fully saturated rings. The molecule has 19 heavy (non-hydrogen) atoms. The van der Waals surface area contributed by atoms with Crippen LogP contribution < -0.4 is 10.6 Å². The highest BCUT2D eigenvalue weighted by Crippen LogP contribution is 2.22. The van der Waals surface area contributed by atoms with E-state index in [0.717, 1.165) is 37.1 Å². The van der Waals surface area contributed by atoms with E-state index in [9.17, 15) is 4.79 Å². The number of hydrogen-bond acceptors (Lipinski definition) is 2. The highest BCUT2D eigenvalue weighted by Gasteiger charge is 2.25. The Labute approximate surface area is 115 Å². The fourth-order valence-electron chi connectivity index (χ4n) is 2.72. The lowest BCUT2D eigenvalue weighted by Crippen LogP contribution is -2.45. The van der Waals surface area contributed by atoms with Gasteiger partial charge in [-0.3, -0.25) is 4.79 Å². The molecule has 0 aromatic heterocycles. The normalized spacial score (nSPS) is 23.1. The number of nitrogens with one attached hydrogen (secondary N) is 2.